The van der Waals surface area contributed by atoms with Crippen molar-refractivity contribution in [3.63, 3.8) is 0 Å². The fraction of sp³-hybridized carbons (Fsp3) is 0.417. The second kappa shape index (κ2) is 8.47. The predicted octanol–water partition coefficient (Wildman–Crippen LogP) is 1.32. The standard InChI is InChI=1S/C24H28N6O3/c1-3-29-23(32)19-8-4-15(10-21(19)27-24(29)33)12-30-17-5-6-18(30)14-28(13-17)16-7-9-20(26-11-16)22(31)25-2/h4,7-11,17-18H,3,5-6,12-14H2,1-2H3,(H,25,31)(H,27,33). The lowest BCUT2D eigenvalue weighted by molar-refractivity contribution is 0.0958. The van der Waals surface area contributed by atoms with Crippen molar-refractivity contribution in [2.75, 3.05) is 25.0 Å². The van der Waals surface area contributed by atoms with E-state index in [0.29, 0.717) is 35.2 Å². The maximum Gasteiger partial charge on any atom is 0.328 e. The minimum atomic E-state index is -0.364. The first-order valence-electron chi connectivity index (χ1n) is 11.4. The Labute approximate surface area is 191 Å². The van der Waals surface area contributed by atoms with Crippen LogP contribution in [0.4, 0.5) is 5.69 Å². The molecule has 2 saturated heterocycles. The highest BCUT2D eigenvalue weighted by Gasteiger charge is 2.39. The van der Waals surface area contributed by atoms with Crippen LogP contribution < -0.4 is 21.5 Å². The lowest BCUT2D eigenvalue weighted by Crippen LogP contribution is -2.53. The van der Waals surface area contributed by atoms with Gasteiger partial charge in [0.05, 0.1) is 22.8 Å². The highest BCUT2D eigenvalue weighted by Crippen LogP contribution is 2.34. The predicted molar refractivity (Wildman–Crippen MR) is 127 cm³/mol. The summed E-state index contributed by atoms with van der Waals surface area (Å²) < 4.78 is 1.22. The second-order valence-corrected chi connectivity index (χ2v) is 8.80. The molecule has 0 radical (unpaired) electrons. The van der Waals surface area contributed by atoms with Crippen LogP contribution in [0.3, 0.4) is 0 Å². The molecule has 33 heavy (non-hydrogen) atoms. The van der Waals surface area contributed by atoms with Gasteiger partial charge in [-0.05, 0) is 49.6 Å². The number of carbonyl (C=O) groups excluding carboxylic acids is 1. The van der Waals surface area contributed by atoms with E-state index in [0.717, 1.165) is 43.7 Å². The molecule has 1 aromatic carbocycles. The Bertz CT molecular complexity index is 1300. The molecule has 0 saturated carbocycles. The topological polar surface area (TPSA) is 103 Å². The van der Waals surface area contributed by atoms with Gasteiger partial charge in [-0.2, -0.15) is 0 Å². The van der Waals surface area contributed by atoms with E-state index in [2.05, 4.69) is 25.1 Å². The van der Waals surface area contributed by atoms with Crippen LogP contribution >= 0.6 is 0 Å². The Kier molecular flexibility index (Phi) is 5.49. The minimum absolute atomic E-state index is 0.184. The molecule has 4 heterocycles. The summed E-state index contributed by atoms with van der Waals surface area (Å²) in [7, 11) is 1.60. The molecule has 5 rings (SSSR count). The third kappa shape index (κ3) is 3.82. The molecule has 9 heteroatoms. The van der Waals surface area contributed by atoms with Crippen LogP contribution in [0.1, 0.15) is 35.8 Å². The fourth-order valence-corrected chi connectivity index (χ4v) is 5.19. The van der Waals surface area contributed by atoms with Crippen LogP contribution in [0.2, 0.25) is 0 Å². The summed E-state index contributed by atoms with van der Waals surface area (Å²) in [6.45, 7) is 4.74. The number of nitrogens with zero attached hydrogens (tertiary/aromatic N) is 4. The summed E-state index contributed by atoms with van der Waals surface area (Å²) in [6, 6.07) is 10.3. The Hall–Kier alpha value is -3.46. The third-order valence-electron chi connectivity index (χ3n) is 6.93. The lowest BCUT2D eigenvalue weighted by Gasteiger charge is -2.42. The average molecular weight is 449 g/mol. The van der Waals surface area contributed by atoms with Crippen LogP contribution in [0, 0.1) is 0 Å². The highest BCUT2D eigenvalue weighted by atomic mass is 16.2. The Morgan fingerprint density at radius 2 is 1.91 bits per heavy atom. The second-order valence-electron chi connectivity index (χ2n) is 8.80. The van der Waals surface area contributed by atoms with Crippen molar-refractivity contribution in [3.8, 4) is 0 Å². The molecular formula is C24H28N6O3. The van der Waals surface area contributed by atoms with Crippen molar-refractivity contribution in [1.29, 1.82) is 0 Å². The number of rotatable bonds is 5. The number of aromatic amines is 1. The van der Waals surface area contributed by atoms with E-state index in [-0.39, 0.29) is 17.2 Å². The fourth-order valence-electron chi connectivity index (χ4n) is 5.19. The van der Waals surface area contributed by atoms with Gasteiger partial charge in [0.1, 0.15) is 5.69 Å². The summed E-state index contributed by atoms with van der Waals surface area (Å²) in [5, 5.41) is 3.14. The first kappa shape index (κ1) is 21.4. The van der Waals surface area contributed by atoms with Crippen molar-refractivity contribution < 1.29 is 4.79 Å². The van der Waals surface area contributed by atoms with Gasteiger partial charge in [0.2, 0.25) is 0 Å². The number of carbonyl (C=O) groups is 1. The van der Waals surface area contributed by atoms with Crippen molar-refractivity contribution in [2.24, 2.45) is 0 Å². The van der Waals surface area contributed by atoms with Crippen molar-refractivity contribution in [3.05, 3.63) is 68.6 Å². The molecule has 2 aliphatic rings. The number of hydrogen-bond donors (Lipinski definition) is 2. The molecule has 0 spiro atoms. The molecule has 0 aliphatic carbocycles. The van der Waals surface area contributed by atoms with Crippen molar-refractivity contribution in [2.45, 2.75) is 44.9 Å². The van der Waals surface area contributed by atoms with E-state index in [4.69, 9.17) is 0 Å². The van der Waals surface area contributed by atoms with Gasteiger partial charge in [-0.1, -0.05) is 6.07 Å². The van der Waals surface area contributed by atoms with E-state index in [9.17, 15) is 14.4 Å². The monoisotopic (exact) mass is 448 g/mol. The first-order valence-corrected chi connectivity index (χ1v) is 11.4. The summed E-state index contributed by atoms with van der Waals surface area (Å²) in [5.74, 6) is -0.184. The molecule has 2 atom stereocenters. The normalized spacial score (nSPS) is 20.4. The molecule has 3 aromatic rings. The van der Waals surface area contributed by atoms with E-state index in [1.807, 2.05) is 24.3 Å². The van der Waals surface area contributed by atoms with Crippen molar-refractivity contribution >= 4 is 22.5 Å². The van der Waals surface area contributed by atoms with Crippen LogP contribution in [0.5, 0.6) is 0 Å². The molecule has 2 aliphatic heterocycles. The summed E-state index contributed by atoms with van der Waals surface area (Å²) in [6.07, 6.45) is 4.05. The number of nitrogens with one attached hydrogen (secondary N) is 2. The van der Waals surface area contributed by atoms with E-state index in [1.165, 1.54) is 4.57 Å². The highest BCUT2D eigenvalue weighted by molar-refractivity contribution is 5.92. The smallest absolute Gasteiger partial charge is 0.328 e. The van der Waals surface area contributed by atoms with Gasteiger partial charge in [0.25, 0.3) is 11.5 Å². The maximum atomic E-state index is 12.5. The minimum Gasteiger partial charge on any atom is -0.367 e. The molecule has 172 valence electrons. The number of benzene rings is 1. The Balaban J connectivity index is 1.33. The summed E-state index contributed by atoms with van der Waals surface area (Å²) >= 11 is 0. The van der Waals surface area contributed by atoms with Gasteiger partial charge >= 0.3 is 5.69 Å². The number of anilines is 1. The van der Waals surface area contributed by atoms with Crippen LogP contribution in [-0.4, -0.2) is 57.6 Å². The van der Waals surface area contributed by atoms with Gasteiger partial charge in [-0.25, -0.2) is 9.78 Å². The largest absolute Gasteiger partial charge is 0.367 e. The zero-order valence-corrected chi connectivity index (χ0v) is 18.9. The summed E-state index contributed by atoms with van der Waals surface area (Å²) in [5.41, 5.74) is 2.54. The van der Waals surface area contributed by atoms with Gasteiger partial charge in [0.15, 0.2) is 0 Å². The molecule has 2 unspecified atom stereocenters. The van der Waals surface area contributed by atoms with Gasteiger partial charge in [-0.3, -0.25) is 19.1 Å². The van der Waals surface area contributed by atoms with Crippen molar-refractivity contribution in [1.82, 2.24) is 24.8 Å². The number of H-pyrrole nitrogens is 1. The third-order valence-corrected chi connectivity index (χ3v) is 6.93. The molecule has 2 aromatic heterocycles. The zero-order chi connectivity index (χ0) is 23.1. The molecule has 9 nitrogen and oxygen atoms in total. The first-order chi connectivity index (χ1) is 16.0. The van der Waals surface area contributed by atoms with E-state index < -0.39 is 0 Å². The van der Waals surface area contributed by atoms with Gasteiger partial charge < -0.3 is 15.2 Å². The number of fused-ring (bicyclic) bond motifs is 3. The van der Waals surface area contributed by atoms with Gasteiger partial charge in [0, 0.05) is 45.3 Å². The zero-order valence-electron chi connectivity index (χ0n) is 18.9. The number of amides is 1. The Morgan fingerprint density at radius 3 is 2.55 bits per heavy atom. The van der Waals surface area contributed by atoms with Crippen LogP contribution in [-0.2, 0) is 13.1 Å². The number of pyridine rings is 1. The van der Waals surface area contributed by atoms with Crippen LogP contribution in [0.25, 0.3) is 10.9 Å². The maximum absolute atomic E-state index is 12.5. The molecule has 2 N–H and O–H groups in total. The summed E-state index contributed by atoms with van der Waals surface area (Å²) in [4.78, 5) is 48.6. The van der Waals surface area contributed by atoms with E-state index in [1.54, 1.807) is 26.2 Å². The number of hydrogen-bond acceptors (Lipinski definition) is 6. The molecule has 2 fully saturated rings. The average Bonchev–Trinajstić information content (AvgIpc) is 3.04. The molecular weight excluding hydrogens is 420 g/mol. The lowest BCUT2D eigenvalue weighted by atomic mass is 10.1. The number of piperazine rings is 1. The number of aromatic nitrogens is 3. The SMILES string of the molecule is CCn1c(=O)[nH]c2cc(CN3C4CCC3CN(c3ccc(C(=O)NC)nc3)C4)ccc2c1=O. The van der Waals surface area contributed by atoms with E-state index >= 15 is 0 Å². The van der Waals surface area contributed by atoms with Gasteiger partial charge in [-0.15, -0.1) is 0 Å². The molecule has 2 bridgehead atoms. The quantitative estimate of drug-likeness (QED) is 0.610. The van der Waals surface area contributed by atoms with Crippen LogP contribution in [0.15, 0.2) is 46.1 Å². The molecule has 1 amide bonds. The Morgan fingerprint density at radius 1 is 1.15 bits per heavy atom.